The van der Waals surface area contributed by atoms with E-state index in [0.717, 1.165) is 32.1 Å². The monoisotopic (exact) mass is 222 g/mol. The SMILES string of the molecule is NS(=O)(=O)NCC1(CO)CCCCC1. The van der Waals surface area contributed by atoms with Crippen molar-refractivity contribution in [3.05, 3.63) is 0 Å². The van der Waals surface area contributed by atoms with Crippen LogP contribution in [-0.2, 0) is 10.2 Å². The Kier molecular flexibility index (Phi) is 3.88. The van der Waals surface area contributed by atoms with Crippen molar-refractivity contribution >= 4 is 10.2 Å². The van der Waals surface area contributed by atoms with Crippen molar-refractivity contribution in [2.45, 2.75) is 32.1 Å². The van der Waals surface area contributed by atoms with Gasteiger partial charge >= 0.3 is 0 Å². The standard InChI is InChI=1S/C8H18N2O3S/c9-14(12,13)10-6-8(7-11)4-2-1-3-5-8/h10-11H,1-7H2,(H2,9,12,13). The topological polar surface area (TPSA) is 92.4 Å². The van der Waals surface area contributed by atoms with Gasteiger partial charge in [-0.15, -0.1) is 0 Å². The van der Waals surface area contributed by atoms with Gasteiger partial charge < -0.3 is 5.11 Å². The summed E-state index contributed by atoms with van der Waals surface area (Å²) in [6.45, 7) is 0.276. The number of aliphatic hydroxyl groups excluding tert-OH is 1. The van der Waals surface area contributed by atoms with Crippen LogP contribution in [0.1, 0.15) is 32.1 Å². The number of nitrogens with two attached hydrogens (primary N) is 1. The fraction of sp³-hybridized carbons (Fsp3) is 1.00. The van der Waals surface area contributed by atoms with Crippen LogP contribution < -0.4 is 9.86 Å². The van der Waals surface area contributed by atoms with Crippen molar-refractivity contribution in [3.8, 4) is 0 Å². The van der Waals surface area contributed by atoms with E-state index in [9.17, 15) is 13.5 Å². The van der Waals surface area contributed by atoms with Crippen LogP contribution in [0.2, 0.25) is 0 Å². The molecule has 0 radical (unpaired) electrons. The fourth-order valence-electron chi connectivity index (χ4n) is 1.95. The minimum absolute atomic E-state index is 0.0233. The van der Waals surface area contributed by atoms with E-state index in [1.54, 1.807) is 0 Å². The lowest BCUT2D eigenvalue weighted by Crippen LogP contribution is -2.43. The second kappa shape index (κ2) is 4.57. The van der Waals surface area contributed by atoms with Crippen LogP contribution in [0.4, 0.5) is 0 Å². The van der Waals surface area contributed by atoms with Crippen LogP contribution in [0.5, 0.6) is 0 Å². The van der Waals surface area contributed by atoms with Crippen molar-refractivity contribution in [1.29, 1.82) is 0 Å². The first-order chi connectivity index (χ1) is 6.47. The van der Waals surface area contributed by atoms with Gasteiger partial charge in [-0.1, -0.05) is 19.3 Å². The lowest BCUT2D eigenvalue weighted by Gasteiger charge is -2.35. The second-order valence-electron chi connectivity index (χ2n) is 4.08. The molecule has 1 aliphatic rings. The second-order valence-corrected chi connectivity index (χ2v) is 5.46. The Morgan fingerprint density at radius 3 is 2.29 bits per heavy atom. The molecule has 6 heteroatoms. The molecule has 0 aromatic rings. The highest BCUT2D eigenvalue weighted by molar-refractivity contribution is 7.87. The molecular formula is C8H18N2O3S. The van der Waals surface area contributed by atoms with Crippen LogP contribution in [0.25, 0.3) is 0 Å². The highest BCUT2D eigenvalue weighted by atomic mass is 32.2. The first-order valence-corrected chi connectivity index (χ1v) is 6.40. The number of aliphatic hydroxyl groups is 1. The summed E-state index contributed by atoms with van der Waals surface area (Å²) in [7, 11) is -3.63. The van der Waals surface area contributed by atoms with Crippen LogP contribution in [0.15, 0.2) is 0 Å². The first kappa shape index (κ1) is 11.9. The van der Waals surface area contributed by atoms with Crippen molar-refractivity contribution < 1.29 is 13.5 Å². The predicted octanol–water partition coefficient (Wildman–Crippen LogP) is -0.278. The van der Waals surface area contributed by atoms with E-state index in [4.69, 9.17) is 5.14 Å². The molecule has 1 rings (SSSR count). The Morgan fingerprint density at radius 2 is 1.86 bits per heavy atom. The number of hydrogen-bond donors (Lipinski definition) is 3. The van der Waals surface area contributed by atoms with E-state index in [2.05, 4.69) is 4.72 Å². The molecule has 0 spiro atoms. The Labute approximate surface area is 84.9 Å². The summed E-state index contributed by atoms with van der Waals surface area (Å²) in [5.41, 5.74) is -0.287. The Balaban J connectivity index is 2.52. The maximum Gasteiger partial charge on any atom is 0.274 e. The van der Waals surface area contributed by atoms with Gasteiger partial charge in [0.1, 0.15) is 0 Å². The molecule has 1 aliphatic carbocycles. The predicted molar refractivity (Wildman–Crippen MR) is 53.7 cm³/mol. The molecule has 0 amide bonds. The molecule has 0 unspecified atom stereocenters. The Hall–Kier alpha value is -0.170. The summed E-state index contributed by atoms with van der Waals surface area (Å²) >= 11 is 0. The van der Waals surface area contributed by atoms with Crippen LogP contribution >= 0.6 is 0 Å². The first-order valence-electron chi connectivity index (χ1n) is 4.86. The van der Waals surface area contributed by atoms with Gasteiger partial charge in [0.05, 0.1) is 0 Å². The van der Waals surface area contributed by atoms with Crippen molar-refractivity contribution in [1.82, 2.24) is 4.72 Å². The molecule has 0 heterocycles. The van der Waals surface area contributed by atoms with Gasteiger partial charge in [0.15, 0.2) is 0 Å². The van der Waals surface area contributed by atoms with E-state index in [1.165, 1.54) is 0 Å². The molecule has 84 valence electrons. The van der Waals surface area contributed by atoms with Gasteiger partial charge in [-0.2, -0.15) is 8.42 Å². The quantitative estimate of drug-likeness (QED) is 0.611. The highest BCUT2D eigenvalue weighted by Gasteiger charge is 2.31. The summed E-state index contributed by atoms with van der Waals surface area (Å²) in [5.74, 6) is 0. The van der Waals surface area contributed by atoms with E-state index < -0.39 is 10.2 Å². The summed E-state index contributed by atoms with van der Waals surface area (Å²) in [5, 5.41) is 14.1. The average molecular weight is 222 g/mol. The van der Waals surface area contributed by atoms with Gasteiger partial charge in [-0.25, -0.2) is 9.86 Å². The van der Waals surface area contributed by atoms with Gasteiger partial charge in [0, 0.05) is 18.6 Å². The number of rotatable bonds is 4. The third kappa shape index (κ3) is 3.53. The molecule has 0 bridgehead atoms. The van der Waals surface area contributed by atoms with Crippen molar-refractivity contribution in [3.63, 3.8) is 0 Å². The lowest BCUT2D eigenvalue weighted by molar-refractivity contribution is 0.0867. The highest BCUT2D eigenvalue weighted by Crippen LogP contribution is 2.35. The largest absolute Gasteiger partial charge is 0.396 e. The van der Waals surface area contributed by atoms with Gasteiger partial charge in [-0.05, 0) is 12.8 Å². The fourth-order valence-corrected chi connectivity index (χ4v) is 2.45. The molecule has 1 saturated carbocycles. The van der Waals surface area contributed by atoms with E-state index in [-0.39, 0.29) is 18.6 Å². The third-order valence-corrected chi connectivity index (χ3v) is 3.44. The van der Waals surface area contributed by atoms with Crippen LogP contribution in [-0.4, -0.2) is 26.7 Å². The molecule has 5 nitrogen and oxygen atoms in total. The van der Waals surface area contributed by atoms with Crippen LogP contribution in [0, 0.1) is 5.41 Å². The maximum absolute atomic E-state index is 10.7. The van der Waals surface area contributed by atoms with Crippen molar-refractivity contribution in [2.75, 3.05) is 13.2 Å². The number of hydrogen-bond acceptors (Lipinski definition) is 3. The molecule has 14 heavy (non-hydrogen) atoms. The third-order valence-electron chi connectivity index (χ3n) is 2.90. The van der Waals surface area contributed by atoms with Gasteiger partial charge in [0.25, 0.3) is 10.2 Å². The molecule has 0 aliphatic heterocycles. The van der Waals surface area contributed by atoms with Gasteiger partial charge in [0.2, 0.25) is 0 Å². The molecular weight excluding hydrogens is 204 g/mol. The maximum atomic E-state index is 10.7. The average Bonchev–Trinajstić information content (AvgIpc) is 2.15. The lowest BCUT2D eigenvalue weighted by atomic mass is 9.75. The van der Waals surface area contributed by atoms with Gasteiger partial charge in [-0.3, -0.25) is 0 Å². The van der Waals surface area contributed by atoms with E-state index in [1.807, 2.05) is 0 Å². The summed E-state index contributed by atoms with van der Waals surface area (Å²) < 4.78 is 23.7. The molecule has 0 saturated heterocycles. The Bertz CT molecular complexity index is 270. The van der Waals surface area contributed by atoms with Crippen LogP contribution in [0.3, 0.4) is 0 Å². The smallest absolute Gasteiger partial charge is 0.274 e. The summed E-state index contributed by atoms with van der Waals surface area (Å²) in [6.07, 6.45) is 4.99. The van der Waals surface area contributed by atoms with E-state index >= 15 is 0 Å². The molecule has 0 aromatic carbocycles. The Morgan fingerprint density at radius 1 is 1.29 bits per heavy atom. The number of nitrogens with one attached hydrogen (secondary N) is 1. The molecule has 4 N–H and O–H groups in total. The molecule has 1 fully saturated rings. The zero-order valence-electron chi connectivity index (χ0n) is 8.20. The zero-order valence-corrected chi connectivity index (χ0v) is 9.02. The molecule has 0 atom stereocenters. The summed E-state index contributed by atoms with van der Waals surface area (Å²) in [4.78, 5) is 0. The van der Waals surface area contributed by atoms with Crippen molar-refractivity contribution in [2.24, 2.45) is 10.6 Å². The molecule has 0 aromatic heterocycles. The zero-order chi connectivity index (χ0) is 10.7. The normalized spacial score (nSPS) is 22.1. The minimum Gasteiger partial charge on any atom is -0.396 e. The van der Waals surface area contributed by atoms with E-state index in [0.29, 0.717) is 0 Å². The summed E-state index contributed by atoms with van der Waals surface area (Å²) in [6, 6.07) is 0. The minimum atomic E-state index is -3.63.